The Bertz CT molecular complexity index is 613. The average Bonchev–Trinajstić information content (AvgIpc) is 2.84. The fourth-order valence-electron chi connectivity index (χ4n) is 1.76. The Kier molecular flexibility index (Phi) is 29.7. The molecular formula is C25H43N3O4. The number of hydrogen-bond acceptors (Lipinski definition) is 5. The van der Waals surface area contributed by atoms with Gasteiger partial charge in [0.1, 0.15) is 5.75 Å². The Morgan fingerprint density at radius 1 is 0.844 bits per heavy atom. The smallest absolute Gasteiger partial charge is 0.310 e. The van der Waals surface area contributed by atoms with Crippen LogP contribution < -0.4 is 15.4 Å². The highest BCUT2D eigenvalue weighted by Crippen LogP contribution is 2.08. The summed E-state index contributed by atoms with van der Waals surface area (Å²) in [6, 6.07) is 11.1. The van der Waals surface area contributed by atoms with E-state index in [4.69, 9.17) is 10.00 Å². The second-order valence-electron chi connectivity index (χ2n) is 6.16. The number of rotatable bonds is 10. The highest BCUT2D eigenvalue weighted by atomic mass is 16.5. The lowest BCUT2D eigenvalue weighted by Gasteiger charge is -2.00. The number of amides is 2. The number of hydrogen-bond donors (Lipinski definition) is 2. The zero-order chi connectivity index (χ0) is 25.0. The third-order valence-corrected chi connectivity index (χ3v) is 3.52. The van der Waals surface area contributed by atoms with Crippen LogP contribution >= 0.6 is 0 Å². The maximum atomic E-state index is 10.8. The van der Waals surface area contributed by atoms with E-state index in [0.29, 0.717) is 38.0 Å². The molecule has 2 amide bonds. The molecule has 0 aliphatic carbocycles. The molecule has 1 rings (SSSR count). The molecule has 0 saturated heterocycles. The molecule has 0 spiro atoms. The molecule has 0 saturated carbocycles. The minimum atomic E-state index is -0.198. The normalized spacial score (nSPS) is 8.53. The molecule has 7 heteroatoms. The molecule has 0 atom stereocenters. The van der Waals surface area contributed by atoms with Gasteiger partial charge in [-0.3, -0.25) is 14.4 Å². The Morgan fingerprint density at radius 2 is 1.38 bits per heavy atom. The molecule has 0 heterocycles. The number of carbonyl (C=O) groups excluding carboxylic acids is 3. The summed E-state index contributed by atoms with van der Waals surface area (Å²) in [5, 5.41) is 13.7. The van der Waals surface area contributed by atoms with Crippen molar-refractivity contribution in [1.29, 1.82) is 5.26 Å². The monoisotopic (exact) mass is 449 g/mol. The number of carbonyl (C=O) groups is 3. The number of benzene rings is 1. The first kappa shape index (κ1) is 33.8. The lowest BCUT2D eigenvalue weighted by molar-refractivity contribution is -0.134. The molecule has 0 aromatic heterocycles. The summed E-state index contributed by atoms with van der Waals surface area (Å²) < 4.78 is 4.92. The van der Waals surface area contributed by atoms with Crippen molar-refractivity contribution in [2.24, 2.45) is 0 Å². The predicted octanol–water partition coefficient (Wildman–Crippen LogP) is 5.16. The summed E-state index contributed by atoms with van der Waals surface area (Å²) in [6.45, 7) is 13.0. The molecule has 7 nitrogen and oxygen atoms in total. The van der Waals surface area contributed by atoms with Crippen LogP contribution in [0.15, 0.2) is 30.3 Å². The van der Waals surface area contributed by atoms with E-state index in [2.05, 4.69) is 16.7 Å². The van der Waals surface area contributed by atoms with E-state index in [-0.39, 0.29) is 17.8 Å². The largest absolute Gasteiger partial charge is 0.427 e. The first-order valence-electron chi connectivity index (χ1n) is 11.6. The fraction of sp³-hybridized carbons (Fsp3) is 0.600. The molecular weight excluding hydrogens is 406 g/mol. The molecule has 1 aromatic carbocycles. The first-order chi connectivity index (χ1) is 15.4. The number of esters is 1. The summed E-state index contributed by atoms with van der Waals surface area (Å²) in [5.74, 6) is 0.643. The Hall–Kier alpha value is -2.88. The second-order valence-corrected chi connectivity index (χ2v) is 6.16. The van der Waals surface area contributed by atoms with Crippen LogP contribution in [0.2, 0.25) is 0 Å². The van der Waals surface area contributed by atoms with Crippen LogP contribution in [0.3, 0.4) is 0 Å². The topological polar surface area (TPSA) is 108 Å². The van der Waals surface area contributed by atoms with Gasteiger partial charge in [-0.2, -0.15) is 5.26 Å². The highest BCUT2D eigenvalue weighted by molar-refractivity contribution is 5.75. The minimum Gasteiger partial charge on any atom is -0.427 e. The summed E-state index contributed by atoms with van der Waals surface area (Å²) in [6.07, 6.45) is 4.93. The lowest BCUT2D eigenvalue weighted by atomic mass is 10.2. The van der Waals surface area contributed by atoms with Gasteiger partial charge in [-0.25, -0.2) is 0 Å². The Balaban J connectivity index is -0.000000384. The third kappa shape index (κ3) is 27.1. The van der Waals surface area contributed by atoms with Crippen molar-refractivity contribution in [1.82, 2.24) is 10.6 Å². The van der Waals surface area contributed by atoms with Gasteiger partial charge in [0.25, 0.3) is 0 Å². The maximum absolute atomic E-state index is 10.8. The SMILES string of the molecule is CC.CCC(=O)NCCCCC#N.CCC(=O)Oc1ccccc1.CCCNC(=O)CC. The maximum Gasteiger partial charge on any atom is 0.310 e. The van der Waals surface area contributed by atoms with Crippen molar-refractivity contribution < 1.29 is 19.1 Å². The predicted molar refractivity (Wildman–Crippen MR) is 130 cm³/mol. The molecule has 0 bridgehead atoms. The van der Waals surface area contributed by atoms with Gasteiger partial charge in [0.05, 0.1) is 6.07 Å². The van der Waals surface area contributed by atoms with Crippen LogP contribution in [0.5, 0.6) is 5.75 Å². The van der Waals surface area contributed by atoms with Crippen molar-refractivity contribution in [3.8, 4) is 11.8 Å². The average molecular weight is 450 g/mol. The molecule has 0 unspecified atom stereocenters. The van der Waals surface area contributed by atoms with Crippen molar-refractivity contribution in [2.45, 2.75) is 86.5 Å². The van der Waals surface area contributed by atoms with Crippen LogP contribution in [0.4, 0.5) is 0 Å². The number of ether oxygens (including phenoxy) is 1. The van der Waals surface area contributed by atoms with Crippen LogP contribution in [0, 0.1) is 11.3 Å². The van der Waals surface area contributed by atoms with Crippen molar-refractivity contribution in [3.63, 3.8) is 0 Å². The van der Waals surface area contributed by atoms with Crippen molar-refractivity contribution in [2.75, 3.05) is 13.1 Å². The van der Waals surface area contributed by atoms with Crippen LogP contribution in [-0.4, -0.2) is 30.9 Å². The Morgan fingerprint density at radius 3 is 1.81 bits per heavy atom. The zero-order valence-electron chi connectivity index (χ0n) is 20.8. The second kappa shape index (κ2) is 28.1. The molecule has 0 aliphatic heterocycles. The van der Waals surface area contributed by atoms with Gasteiger partial charge in [-0.15, -0.1) is 0 Å². The zero-order valence-corrected chi connectivity index (χ0v) is 20.8. The van der Waals surface area contributed by atoms with E-state index >= 15 is 0 Å². The molecule has 0 radical (unpaired) electrons. The van der Waals surface area contributed by atoms with Crippen LogP contribution in [-0.2, 0) is 14.4 Å². The number of nitriles is 1. The number of nitrogens with one attached hydrogen (secondary N) is 2. The summed E-state index contributed by atoms with van der Waals surface area (Å²) >= 11 is 0. The van der Waals surface area contributed by atoms with Gasteiger partial charge in [0, 0.05) is 38.8 Å². The van der Waals surface area contributed by atoms with E-state index in [1.54, 1.807) is 19.1 Å². The summed E-state index contributed by atoms with van der Waals surface area (Å²) in [7, 11) is 0. The third-order valence-electron chi connectivity index (χ3n) is 3.52. The lowest BCUT2D eigenvalue weighted by Crippen LogP contribution is -2.22. The molecule has 2 N–H and O–H groups in total. The van der Waals surface area contributed by atoms with E-state index in [1.165, 1.54) is 0 Å². The summed E-state index contributed by atoms with van der Waals surface area (Å²) in [4.78, 5) is 31.9. The molecule has 0 fully saturated rings. The quantitative estimate of drug-likeness (QED) is 0.291. The van der Waals surface area contributed by atoms with Crippen LogP contribution in [0.25, 0.3) is 0 Å². The van der Waals surface area contributed by atoms with Crippen LogP contribution in [0.1, 0.15) is 86.5 Å². The van der Waals surface area contributed by atoms with E-state index in [9.17, 15) is 14.4 Å². The van der Waals surface area contributed by atoms with Gasteiger partial charge >= 0.3 is 5.97 Å². The van der Waals surface area contributed by atoms with E-state index < -0.39 is 0 Å². The van der Waals surface area contributed by atoms with Gasteiger partial charge in [-0.05, 0) is 31.4 Å². The van der Waals surface area contributed by atoms with E-state index in [1.807, 2.05) is 52.8 Å². The van der Waals surface area contributed by atoms with Crippen molar-refractivity contribution in [3.05, 3.63) is 30.3 Å². The first-order valence-corrected chi connectivity index (χ1v) is 11.6. The minimum absolute atomic E-state index is 0.0851. The highest BCUT2D eigenvalue weighted by Gasteiger charge is 1.98. The Labute approximate surface area is 194 Å². The fourth-order valence-corrected chi connectivity index (χ4v) is 1.76. The van der Waals surface area contributed by atoms with Gasteiger partial charge in [0.2, 0.25) is 11.8 Å². The van der Waals surface area contributed by atoms with Gasteiger partial charge in [0.15, 0.2) is 0 Å². The number of nitrogens with zero attached hydrogens (tertiary/aromatic N) is 1. The van der Waals surface area contributed by atoms with Gasteiger partial charge < -0.3 is 15.4 Å². The molecule has 0 aliphatic rings. The van der Waals surface area contributed by atoms with Gasteiger partial charge in [-0.1, -0.05) is 59.7 Å². The van der Waals surface area contributed by atoms with E-state index in [0.717, 1.165) is 25.8 Å². The standard InChI is InChI=1S/C9H10O2.C8H14N2O.C6H13NO.C2H6/c1-2-9(10)11-8-6-4-3-5-7-8;1-2-8(11)10-7-5-3-4-6-9;1-3-5-7-6(8)4-2;1-2/h3-7H,2H2,1H3;2-5,7H2,1H3,(H,10,11);3-5H2,1-2H3,(H,7,8);1-2H3. The van der Waals surface area contributed by atoms with Crippen molar-refractivity contribution >= 4 is 17.8 Å². The number of para-hydroxylation sites is 1. The molecule has 182 valence electrons. The number of unbranched alkanes of at least 4 members (excludes halogenated alkanes) is 2. The molecule has 1 aromatic rings. The summed E-state index contributed by atoms with van der Waals surface area (Å²) in [5.41, 5.74) is 0. The molecule has 32 heavy (non-hydrogen) atoms.